The van der Waals surface area contributed by atoms with E-state index in [1.54, 1.807) is 23.6 Å². The molecule has 0 bridgehead atoms. The van der Waals surface area contributed by atoms with E-state index in [2.05, 4.69) is 4.98 Å². The molecule has 0 saturated carbocycles. The number of imidazole rings is 2. The van der Waals surface area contributed by atoms with Crippen LogP contribution in [0.3, 0.4) is 0 Å². The molecule has 0 aliphatic heterocycles. The predicted octanol–water partition coefficient (Wildman–Crippen LogP) is 3.00. The molecule has 0 atom stereocenters. The Morgan fingerprint density at radius 1 is 0.897 bits per heavy atom. The summed E-state index contributed by atoms with van der Waals surface area (Å²) in [5.74, 6) is 0.541. The van der Waals surface area contributed by atoms with Crippen LogP contribution in [0.15, 0.2) is 70.4 Å². The molecule has 29 heavy (non-hydrogen) atoms. The number of rotatable bonds is 2. The van der Waals surface area contributed by atoms with Crippen LogP contribution in [0.2, 0.25) is 5.02 Å². The number of benzene rings is 2. The highest BCUT2D eigenvalue weighted by molar-refractivity contribution is 6.30. The Morgan fingerprint density at radius 3 is 2.28 bits per heavy atom. The Bertz CT molecular complexity index is 1510. The first-order valence-corrected chi connectivity index (χ1v) is 9.36. The van der Waals surface area contributed by atoms with Gasteiger partial charge < -0.3 is 0 Å². The van der Waals surface area contributed by atoms with Gasteiger partial charge in [0.15, 0.2) is 11.2 Å². The van der Waals surface area contributed by atoms with Gasteiger partial charge in [-0.3, -0.25) is 22.9 Å². The third-order valence-electron chi connectivity index (χ3n) is 5.12. The van der Waals surface area contributed by atoms with Gasteiger partial charge in [-0.05, 0) is 24.3 Å². The van der Waals surface area contributed by atoms with Crippen molar-refractivity contribution in [2.45, 2.75) is 0 Å². The summed E-state index contributed by atoms with van der Waals surface area (Å²) < 4.78 is 6.18. The monoisotopic (exact) mass is 405 g/mol. The molecule has 0 N–H and O–H groups in total. The third-order valence-corrected chi connectivity index (χ3v) is 5.37. The van der Waals surface area contributed by atoms with Crippen molar-refractivity contribution in [2.75, 3.05) is 0 Å². The van der Waals surface area contributed by atoms with E-state index in [0.29, 0.717) is 22.0 Å². The van der Waals surface area contributed by atoms with Crippen molar-refractivity contribution in [3.63, 3.8) is 0 Å². The van der Waals surface area contributed by atoms with Crippen LogP contribution in [0.5, 0.6) is 0 Å². The molecule has 0 saturated heterocycles. The molecule has 2 aromatic carbocycles. The average molecular weight is 406 g/mol. The fourth-order valence-corrected chi connectivity index (χ4v) is 3.75. The van der Waals surface area contributed by atoms with Gasteiger partial charge in [0, 0.05) is 36.6 Å². The minimum atomic E-state index is -0.412. The smallest absolute Gasteiger partial charge is 0.279 e. The molecule has 5 aromatic rings. The fraction of sp³-hybridized carbons (Fsp3) is 0.0952. The lowest BCUT2D eigenvalue weighted by molar-refractivity contribution is 0.708. The Hall–Kier alpha value is -3.58. The Kier molecular flexibility index (Phi) is 3.75. The lowest BCUT2D eigenvalue weighted by Crippen LogP contribution is -2.37. The van der Waals surface area contributed by atoms with Gasteiger partial charge in [-0.1, -0.05) is 41.9 Å². The van der Waals surface area contributed by atoms with Crippen LogP contribution in [-0.2, 0) is 14.1 Å². The quantitative estimate of drug-likeness (QED) is 0.453. The van der Waals surface area contributed by atoms with Gasteiger partial charge in [0.05, 0.1) is 5.69 Å². The number of nitrogens with zero attached hydrogens (tertiary/aromatic N) is 5. The van der Waals surface area contributed by atoms with E-state index in [9.17, 15) is 9.59 Å². The standard InChI is InChI=1S/C21H16ClN5O2/c1-24-18-17(19(28)25(2)21(24)29)26-12-16(13-6-4-3-5-7-13)27(20(26)23-18)15-10-8-14(22)9-11-15/h3-12H,1-2H3. The molecule has 144 valence electrons. The zero-order valence-electron chi connectivity index (χ0n) is 15.7. The molecule has 8 heteroatoms. The first kappa shape index (κ1) is 17.5. The Balaban J connectivity index is 1.97. The summed E-state index contributed by atoms with van der Waals surface area (Å²) in [5.41, 5.74) is 2.59. The Morgan fingerprint density at radius 2 is 1.59 bits per heavy atom. The van der Waals surface area contributed by atoms with Crippen molar-refractivity contribution in [1.29, 1.82) is 0 Å². The molecule has 0 amide bonds. The van der Waals surface area contributed by atoms with Crippen LogP contribution in [0.1, 0.15) is 0 Å². The largest absolute Gasteiger partial charge is 0.332 e. The van der Waals surface area contributed by atoms with Crippen LogP contribution in [0.4, 0.5) is 0 Å². The molecule has 3 aromatic heterocycles. The summed E-state index contributed by atoms with van der Waals surface area (Å²) in [6.45, 7) is 0. The molecular weight excluding hydrogens is 390 g/mol. The van der Waals surface area contributed by atoms with Gasteiger partial charge in [0.25, 0.3) is 5.56 Å². The number of hydrogen-bond donors (Lipinski definition) is 0. The maximum absolute atomic E-state index is 12.9. The molecule has 0 unspecified atom stereocenters. The summed E-state index contributed by atoms with van der Waals surface area (Å²) in [6, 6.07) is 17.3. The normalized spacial score (nSPS) is 11.6. The number of aromatic nitrogens is 5. The Labute approximate surface area is 169 Å². The molecule has 0 radical (unpaired) electrons. The van der Waals surface area contributed by atoms with E-state index in [1.165, 1.54) is 11.6 Å². The number of halogens is 1. The molecule has 0 fully saturated rings. The molecule has 3 heterocycles. The molecular formula is C21H16ClN5O2. The van der Waals surface area contributed by atoms with Crippen molar-refractivity contribution in [1.82, 2.24) is 23.1 Å². The van der Waals surface area contributed by atoms with Crippen LogP contribution < -0.4 is 11.2 Å². The van der Waals surface area contributed by atoms with Gasteiger partial charge in [0.1, 0.15) is 0 Å². The zero-order chi connectivity index (χ0) is 20.3. The number of aryl methyl sites for hydroxylation is 1. The van der Waals surface area contributed by atoms with E-state index < -0.39 is 5.69 Å². The minimum absolute atomic E-state index is 0.343. The average Bonchev–Trinajstić information content (AvgIpc) is 3.28. The lowest BCUT2D eigenvalue weighted by atomic mass is 10.1. The summed E-state index contributed by atoms with van der Waals surface area (Å²) in [6.07, 6.45) is 1.88. The summed E-state index contributed by atoms with van der Waals surface area (Å²) in [4.78, 5) is 29.9. The van der Waals surface area contributed by atoms with Crippen molar-refractivity contribution in [2.24, 2.45) is 14.1 Å². The molecule has 0 spiro atoms. The van der Waals surface area contributed by atoms with E-state index in [4.69, 9.17) is 11.6 Å². The summed E-state index contributed by atoms with van der Waals surface area (Å²) in [7, 11) is 3.08. The van der Waals surface area contributed by atoms with Crippen molar-refractivity contribution < 1.29 is 0 Å². The van der Waals surface area contributed by atoms with E-state index in [1.807, 2.05) is 53.2 Å². The van der Waals surface area contributed by atoms with Crippen molar-refractivity contribution in [3.05, 3.63) is 86.7 Å². The van der Waals surface area contributed by atoms with E-state index in [-0.39, 0.29) is 5.56 Å². The molecule has 7 nitrogen and oxygen atoms in total. The highest BCUT2D eigenvalue weighted by atomic mass is 35.5. The molecule has 5 rings (SSSR count). The van der Waals surface area contributed by atoms with Gasteiger partial charge in [0.2, 0.25) is 5.78 Å². The van der Waals surface area contributed by atoms with E-state index in [0.717, 1.165) is 21.5 Å². The second kappa shape index (κ2) is 6.22. The fourth-order valence-electron chi connectivity index (χ4n) is 3.63. The maximum Gasteiger partial charge on any atom is 0.332 e. The van der Waals surface area contributed by atoms with Gasteiger partial charge in [-0.25, -0.2) is 4.79 Å². The zero-order valence-corrected chi connectivity index (χ0v) is 16.5. The predicted molar refractivity (Wildman–Crippen MR) is 113 cm³/mol. The first-order chi connectivity index (χ1) is 14.0. The second-order valence-corrected chi connectivity index (χ2v) is 7.29. The van der Waals surface area contributed by atoms with Gasteiger partial charge >= 0.3 is 5.69 Å². The summed E-state index contributed by atoms with van der Waals surface area (Å²) in [5, 5.41) is 0.628. The summed E-state index contributed by atoms with van der Waals surface area (Å²) >= 11 is 6.08. The molecule has 0 aliphatic rings. The highest BCUT2D eigenvalue weighted by Gasteiger charge is 2.21. The van der Waals surface area contributed by atoms with Gasteiger partial charge in [-0.15, -0.1) is 0 Å². The highest BCUT2D eigenvalue weighted by Crippen LogP contribution is 2.29. The van der Waals surface area contributed by atoms with Gasteiger partial charge in [-0.2, -0.15) is 4.98 Å². The minimum Gasteiger partial charge on any atom is -0.279 e. The SMILES string of the molecule is Cn1c(=O)c2c(nc3n(-c4ccc(Cl)cc4)c(-c4ccccc4)cn23)n(C)c1=O. The first-order valence-electron chi connectivity index (χ1n) is 8.98. The lowest BCUT2D eigenvalue weighted by Gasteiger charge is -2.09. The number of fused-ring (bicyclic) bond motifs is 3. The molecule has 0 aliphatic carbocycles. The van der Waals surface area contributed by atoms with Crippen LogP contribution >= 0.6 is 11.6 Å². The van der Waals surface area contributed by atoms with Crippen LogP contribution in [-0.4, -0.2) is 23.1 Å². The maximum atomic E-state index is 12.9. The van der Waals surface area contributed by atoms with Crippen LogP contribution in [0.25, 0.3) is 33.9 Å². The topological polar surface area (TPSA) is 66.2 Å². The second-order valence-electron chi connectivity index (χ2n) is 6.85. The van der Waals surface area contributed by atoms with E-state index >= 15 is 0 Å². The van der Waals surface area contributed by atoms with Crippen LogP contribution in [0, 0.1) is 0 Å². The number of hydrogen-bond acceptors (Lipinski definition) is 3. The van der Waals surface area contributed by atoms with Crippen molar-refractivity contribution in [3.8, 4) is 16.9 Å². The third kappa shape index (κ3) is 2.48. The van der Waals surface area contributed by atoms with Crippen molar-refractivity contribution >= 4 is 28.5 Å².